The molecule has 1 aliphatic rings. The second kappa shape index (κ2) is 10.6. The van der Waals surface area contributed by atoms with Gasteiger partial charge in [-0.05, 0) is 43.5 Å². The highest BCUT2D eigenvalue weighted by Gasteiger charge is 2.49. The first-order valence-electron chi connectivity index (χ1n) is 10.3. The molecule has 0 radical (unpaired) electrons. The number of urea groups is 1. The van der Waals surface area contributed by atoms with Gasteiger partial charge in [-0.2, -0.15) is 10.1 Å². The number of aliphatic imine (C=N–C) groups is 1. The van der Waals surface area contributed by atoms with E-state index in [1.165, 1.54) is 6.92 Å². The SMILES string of the molecule is CC(O)C(=O)N1N=C(c2cc(F)ccc2F)SC1(CCCNC(N)=NC(N)=O)c1ccccc1. The molecule has 0 bridgehead atoms. The molecule has 1 heterocycles. The van der Waals surface area contributed by atoms with Crippen molar-refractivity contribution in [3.05, 3.63) is 71.3 Å². The highest BCUT2D eigenvalue weighted by Crippen LogP contribution is 2.50. The van der Waals surface area contributed by atoms with Crippen LogP contribution in [0, 0.1) is 11.6 Å². The summed E-state index contributed by atoms with van der Waals surface area (Å²) in [6.45, 7) is 1.57. The van der Waals surface area contributed by atoms with Crippen LogP contribution in [0.3, 0.4) is 0 Å². The van der Waals surface area contributed by atoms with Gasteiger partial charge >= 0.3 is 6.03 Å². The number of guanidine groups is 1. The van der Waals surface area contributed by atoms with Crippen molar-refractivity contribution >= 4 is 34.7 Å². The second-order valence-electron chi connectivity index (χ2n) is 7.47. The largest absolute Gasteiger partial charge is 0.383 e. The van der Waals surface area contributed by atoms with Gasteiger partial charge in [0.05, 0.1) is 0 Å². The number of nitrogens with zero attached hydrogens (tertiary/aromatic N) is 3. The Labute approximate surface area is 198 Å². The number of nitrogens with one attached hydrogen (secondary N) is 1. The van der Waals surface area contributed by atoms with Gasteiger partial charge in [0.1, 0.15) is 27.7 Å². The lowest BCUT2D eigenvalue weighted by Crippen LogP contribution is -2.45. The van der Waals surface area contributed by atoms with E-state index in [2.05, 4.69) is 15.4 Å². The van der Waals surface area contributed by atoms with Crippen LogP contribution in [0.4, 0.5) is 13.6 Å². The first kappa shape index (κ1) is 25.1. The van der Waals surface area contributed by atoms with Gasteiger partial charge in [-0.3, -0.25) is 4.79 Å². The lowest BCUT2D eigenvalue weighted by molar-refractivity contribution is -0.143. The molecule has 6 N–H and O–H groups in total. The first-order valence-corrected chi connectivity index (χ1v) is 11.1. The van der Waals surface area contributed by atoms with E-state index in [9.17, 15) is 23.5 Å². The van der Waals surface area contributed by atoms with E-state index >= 15 is 0 Å². The van der Waals surface area contributed by atoms with Crippen molar-refractivity contribution in [1.82, 2.24) is 10.3 Å². The Morgan fingerprint density at radius 2 is 1.94 bits per heavy atom. The zero-order valence-electron chi connectivity index (χ0n) is 18.2. The lowest BCUT2D eigenvalue weighted by Gasteiger charge is -2.36. The maximum atomic E-state index is 14.6. The molecule has 3 amide bonds. The Bertz CT molecular complexity index is 1130. The number of halogens is 2. The van der Waals surface area contributed by atoms with Gasteiger partial charge in [-0.15, -0.1) is 0 Å². The number of primary amides is 1. The van der Waals surface area contributed by atoms with E-state index in [0.29, 0.717) is 12.0 Å². The van der Waals surface area contributed by atoms with Crippen molar-refractivity contribution < 1.29 is 23.5 Å². The van der Waals surface area contributed by atoms with Crippen LogP contribution in [0.25, 0.3) is 0 Å². The minimum atomic E-state index is -1.39. The molecule has 0 fully saturated rings. The summed E-state index contributed by atoms with van der Waals surface area (Å²) in [4.78, 5) is 26.1. The number of hydrogen-bond acceptors (Lipinski definition) is 5. The summed E-state index contributed by atoms with van der Waals surface area (Å²) in [5, 5.41) is 18.4. The standard InChI is InChI=1S/C22H24F2N6O3S/c1-13(31)19(32)30-22(14-6-3-2-4-7-14,10-5-11-27-20(25)28-21(26)33)34-18(29-30)16-12-15(23)8-9-17(16)24/h2-4,6-9,12-13,31H,5,10-11H2,1H3,(H5,25,26,27,28,33). The zero-order chi connectivity index (χ0) is 24.9. The summed E-state index contributed by atoms with van der Waals surface area (Å²) in [6, 6.07) is 11.0. The van der Waals surface area contributed by atoms with E-state index < -0.39 is 34.5 Å². The maximum Gasteiger partial charge on any atom is 0.341 e. The third-order valence-electron chi connectivity index (χ3n) is 4.98. The molecule has 0 aliphatic carbocycles. The van der Waals surface area contributed by atoms with Crippen LogP contribution in [0.15, 0.2) is 58.6 Å². The molecule has 3 rings (SSSR count). The highest BCUT2D eigenvalue weighted by atomic mass is 32.2. The van der Waals surface area contributed by atoms with Crippen LogP contribution in [0.1, 0.15) is 30.9 Å². The fraction of sp³-hybridized carbons (Fsp3) is 0.273. The fourth-order valence-corrected chi connectivity index (χ4v) is 4.88. The normalized spacial score (nSPS) is 19.0. The summed E-state index contributed by atoms with van der Waals surface area (Å²) >= 11 is 1.08. The maximum absolute atomic E-state index is 14.6. The summed E-state index contributed by atoms with van der Waals surface area (Å²) in [5.41, 5.74) is 11.1. The van der Waals surface area contributed by atoms with E-state index in [-0.39, 0.29) is 29.5 Å². The minimum absolute atomic E-state index is 0.0950. The second-order valence-corrected chi connectivity index (χ2v) is 8.74. The molecular formula is C22H24F2N6O3S. The van der Waals surface area contributed by atoms with E-state index in [1.807, 2.05) is 0 Å². The number of aliphatic hydroxyl groups excluding tert-OH is 1. The number of amides is 3. The molecule has 2 atom stereocenters. The molecule has 12 heteroatoms. The van der Waals surface area contributed by atoms with Crippen LogP contribution < -0.4 is 16.8 Å². The van der Waals surface area contributed by atoms with E-state index in [4.69, 9.17) is 11.5 Å². The quantitative estimate of drug-likeness (QED) is 0.266. The number of carbonyl (C=O) groups excluding carboxylic acids is 2. The van der Waals surface area contributed by atoms with Gasteiger partial charge in [0, 0.05) is 12.1 Å². The van der Waals surface area contributed by atoms with Crippen LogP contribution in [0.5, 0.6) is 0 Å². The summed E-state index contributed by atoms with van der Waals surface area (Å²) in [7, 11) is 0. The topological polar surface area (TPSA) is 146 Å². The molecule has 34 heavy (non-hydrogen) atoms. The Morgan fingerprint density at radius 3 is 2.59 bits per heavy atom. The zero-order valence-corrected chi connectivity index (χ0v) is 19.1. The van der Waals surface area contributed by atoms with Crippen molar-refractivity contribution in [2.45, 2.75) is 30.7 Å². The highest BCUT2D eigenvalue weighted by molar-refractivity contribution is 8.15. The summed E-state index contributed by atoms with van der Waals surface area (Å²) < 4.78 is 28.5. The Kier molecular flexibility index (Phi) is 7.84. The average Bonchev–Trinajstić information content (AvgIpc) is 3.18. The number of aliphatic hydroxyl groups is 1. The lowest BCUT2D eigenvalue weighted by atomic mass is 9.99. The van der Waals surface area contributed by atoms with Crippen molar-refractivity contribution in [2.24, 2.45) is 21.6 Å². The van der Waals surface area contributed by atoms with Crippen LogP contribution >= 0.6 is 11.8 Å². The van der Waals surface area contributed by atoms with Gasteiger partial charge < -0.3 is 21.9 Å². The molecular weight excluding hydrogens is 466 g/mol. The number of benzene rings is 2. The number of carbonyl (C=O) groups is 2. The van der Waals surface area contributed by atoms with Crippen LogP contribution in [-0.4, -0.2) is 45.7 Å². The predicted molar refractivity (Wildman–Crippen MR) is 126 cm³/mol. The Morgan fingerprint density at radius 1 is 1.24 bits per heavy atom. The van der Waals surface area contributed by atoms with Crippen molar-refractivity contribution in [1.29, 1.82) is 0 Å². The van der Waals surface area contributed by atoms with Gasteiger partial charge in [-0.1, -0.05) is 42.1 Å². The minimum Gasteiger partial charge on any atom is -0.383 e. The molecule has 2 aromatic rings. The number of nitrogens with two attached hydrogens (primary N) is 2. The molecule has 0 saturated carbocycles. The van der Waals surface area contributed by atoms with Gasteiger partial charge in [0.15, 0.2) is 5.96 Å². The molecule has 180 valence electrons. The number of rotatable bonds is 7. The van der Waals surface area contributed by atoms with Crippen LogP contribution in [-0.2, 0) is 9.67 Å². The van der Waals surface area contributed by atoms with Gasteiger partial charge in [0.25, 0.3) is 5.91 Å². The van der Waals surface area contributed by atoms with Crippen molar-refractivity contribution in [3.8, 4) is 0 Å². The summed E-state index contributed by atoms with van der Waals surface area (Å²) in [6.07, 6.45) is -0.712. The molecule has 1 aliphatic heterocycles. The number of hydrazone groups is 1. The van der Waals surface area contributed by atoms with Crippen molar-refractivity contribution in [3.63, 3.8) is 0 Å². The third-order valence-corrected chi connectivity index (χ3v) is 6.42. The summed E-state index contributed by atoms with van der Waals surface area (Å²) in [5.74, 6) is -2.21. The third kappa shape index (κ3) is 5.51. The Balaban J connectivity index is 1.99. The Hall–Kier alpha value is -3.51. The average molecular weight is 491 g/mol. The molecule has 0 aromatic heterocycles. The van der Waals surface area contributed by atoms with E-state index in [0.717, 1.165) is 35.0 Å². The fourth-order valence-electron chi connectivity index (χ4n) is 3.45. The molecule has 9 nitrogen and oxygen atoms in total. The smallest absolute Gasteiger partial charge is 0.341 e. The molecule has 2 aromatic carbocycles. The van der Waals surface area contributed by atoms with E-state index in [1.54, 1.807) is 30.3 Å². The first-order chi connectivity index (χ1) is 16.1. The van der Waals surface area contributed by atoms with Gasteiger partial charge in [-0.25, -0.2) is 18.6 Å². The molecule has 0 saturated heterocycles. The van der Waals surface area contributed by atoms with Gasteiger partial charge in [0.2, 0.25) is 0 Å². The monoisotopic (exact) mass is 490 g/mol. The predicted octanol–water partition coefficient (Wildman–Crippen LogP) is 2.20. The van der Waals surface area contributed by atoms with Crippen LogP contribution in [0.2, 0.25) is 0 Å². The molecule has 0 spiro atoms. The number of thioether (sulfide) groups is 1. The molecule has 2 unspecified atom stereocenters. The number of hydrogen-bond donors (Lipinski definition) is 4. The van der Waals surface area contributed by atoms with Crippen molar-refractivity contribution in [2.75, 3.05) is 6.54 Å².